The molecule has 0 saturated heterocycles. The molecule has 2 aromatic heterocycles. The molecular weight excluding hydrogens is 418 g/mol. The van der Waals surface area contributed by atoms with E-state index < -0.39 is 23.0 Å². The molecule has 3 rings (SSSR count). The lowest BCUT2D eigenvalue weighted by Crippen LogP contribution is -2.31. The van der Waals surface area contributed by atoms with E-state index >= 15 is 0 Å². The zero-order valence-corrected chi connectivity index (χ0v) is 15.2. The van der Waals surface area contributed by atoms with Gasteiger partial charge in [0.2, 0.25) is 5.88 Å². The predicted octanol–water partition coefficient (Wildman–Crippen LogP) is 1.15. The van der Waals surface area contributed by atoms with Crippen molar-refractivity contribution in [2.75, 3.05) is 0 Å². The summed E-state index contributed by atoms with van der Waals surface area (Å²) in [5, 5.41) is 14.0. The smallest absolute Gasteiger partial charge is 0.335 e. The van der Waals surface area contributed by atoms with Crippen molar-refractivity contribution in [1.82, 2.24) is 20.0 Å². The Kier molecular flexibility index (Phi) is 5.27. The first-order valence-electron chi connectivity index (χ1n) is 7.55. The van der Waals surface area contributed by atoms with E-state index in [-0.39, 0.29) is 11.1 Å². The molecule has 0 bridgehead atoms. The number of H-pyrrole nitrogens is 1. The quantitative estimate of drug-likeness (QED) is 0.423. The fraction of sp³-hybridized carbons (Fsp3) is 0. The summed E-state index contributed by atoms with van der Waals surface area (Å²) >= 11 is 3.27. The number of benzene rings is 1. The van der Waals surface area contributed by atoms with Crippen LogP contribution in [0.25, 0.3) is 5.69 Å². The Morgan fingerprint density at radius 1 is 1.26 bits per heavy atom. The Hall–Kier alpha value is -3.53. The Bertz CT molecular complexity index is 1120. The molecule has 3 aromatic rings. The molecule has 0 unspecified atom stereocenters. The lowest BCUT2D eigenvalue weighted by atomic mass is 10.3. The highest BCUT2D eigenvalue weighted by atomic mass is 79.9. The van der Waals surface area contributed by atoms with Crippen molar-refractivity contribution in [3.8, 4) is 11.6 Å². The maximum atomic E-state index is 12.1. The summed E-state index contributed by atoms with van der Waals surface area (Å²) in [5.41, 5.74) is 0.887. The molecule has 0 aliphatic carbocycles. The van der Waals surface area contributed by atoms with Gasteiger partial charge in [-0.3, -0.25) is 19.6 Å². The summed E-state index contributed by atoms with van der Waals surface area (Å²) in [6.45, 7) is 0. The average Bonchev–Trinajstić information content (AvgIpc) is 2.66. The third kappa shape index (κ3) is 4.01. The summed E-state index contributed by atoms with van der Waals surface area (Å²) in [5.74, 6) is -1.15. The average molecular weight is 430 g/mol. The van der Waals surface area contributed by atoms with Crippen LogP contribution in [0.3, 0.4) is 0 Å². The number of nitrogens with one attached hydrogen (secondary N) is 2. The lowest BCUT2D eigenvalue weighted by Gasteiger charge is -2.09. The summed E-state index contributed by atoms with van der Waals surface area (Å²) in [6.07, 6.45) is 3.82. The number of aromatic hydroxyl groups is 1. The van der Waals surface area contributed by atoms with Crippen LogP contribution in [0.1, 0.15) is 15.9 Å². The Labute approximate surface area is 160 Å². The fourth-order valence-electron chi connectivity index (χ4n) is 2.20. The third-order valence-corrected chi connectivity index (χ3v) is 4.02. The normalized spacial score (nSPS) is 10.9. The van der Waals surface area contributed by atoms with E-state index in [0.717, 1.165) is 15.3 Å². The maximum absolute atomic E-state index is 12.1. The van der Waals surface area contributed by atoms with Crippen molar-refractivity contribution in [3.63, 3.8) is 0 Å². The molecule has 0 fully saturated rings. The van der Waals surface area contributed by atoms with Crippen molar-refractivity contribution in [1.29, 1.82) is 0 Å². The first-order valence-corrected chi connectivity index (χ1v) is 8.34. The van der Waals surface area contributed by atoms with E-state index in [1.165, 1.54) is 18.5 Å². The van der Waals surface area contributed by atoms with Crippen LogP contribution in [0, 0.1) is 0 Å². The molecule has 0 aliphatic rings. The predicted molar refractivity (Wildman–Crippen MR) is 101 cm³/mol. The maximum Gasteiger partial charge on any atom is 0.335 e. The van der Waals surface area contributed by atoms with Gasteiger partial charge in [0.05, 0.1) is 17.5 Å². The van der Waals surface area contributed by atoms with Gasteiger partial charge < -0.3 is 5.11 Å². The number of halogens is 1. The third-order valence-electron chi connectivity index (χ3n) is 3.49. The van der Waals surface area contributed by atoms with E-state index in [1.54, 1.807) is 30.3 Å². The minimum atomic E-state index is -0.842. The minimum absolute atomic E-state index is 0.271. The number of aromatic amines is 1. The number of pyridine rings is 1. The SMILES string of the molecule is O=C(NN=Cc1c(O)n(-c2ccc(Br)cc2)c(=O)[nH]c1=O)c1cccnc1. The molecule has 9 nitrogen and oxygen atoms in total. The van der Waals surface area contributed by atoms with Crippen LogP contribution < -0.4 is 16.7 Å². The van der Waals surface area contributed by atoms with Crippen LogP contribution in [-0.4, -0.2) is 31.8 Å². The number of hydrazone groups is 1. The van der Waals surface area contributed by atoms with Gasteiger partial charge in [0.15, 0.2) is 0 Å². The van der Waals surface area contributed by atoms with E-state index in [1.807, 2.05) is 0 Å². The van der Waals surface area contributed by atoms with Gasteiger partial charge in [0.1, 0.15) is 5.56 Å². The van der Waals surface area contributed by atoms with Crippen molar-refractivity contribution in [3.05, 3.63) is 85.2 Å². The Balaban J connectivity index is 1.93. The zero-order chi connectivity index (χ0) is 19.4. The summed E-state index contributed by atoms with van der Waals surface area (Å²) in [6, 6.07) is 9.63. The summed E-state index contributed by atoms with van der Waals surface area (Å²) in [4.78, 5) is 41.9. The van der Waals surface area contributed by atoms with Crippen molar-refractivity contribution in [2.45, 2.75) is 0 Å². The topological polar surface area (TPSA) is 129 Å². The molecule has 10 heteroatoms. The highest BCUT2D eigenvalue weighted by molar-refractivity contribution is 9.10. The second kappa shape index (κ2) is 7.79. The van der Waals surface area contributed by atoms with Gasteiger partial charge in [-0.15, -0.1) is 0 Å². The van der Waals surface area contributed by atoms with E-state index in [9.17, 15) is 19.5 Å². The monoisotopic (exact) mass is 429 g/mol. The van der Waals surface area contributed by atoms with Crippen LogP contribution in [0.5, 0.6) is 5.88 Å². The molecule has 2 heterocycles. The van der Waals surface area contributed by atoms with Gasteiger partial charge in [-0.1, -0.05) is 15.9 Å². The highest BCUT2D eigenvalue weighted by Gasteiger charge is 2.14. The molecule has 0 spiro atoms. The van der Waals surface area contributed by atoms with Gasteiger partial charge in [-0.05, 0) is 36.4 Å². The van der Waals surface area contributed by atoms with Crippen molar-refractivity contribution >= 4 is 28.1 Å². The Morgan fingerprint density at radius 2 is 2.00 bits per heavy atom. The molecule has 3 N–H and O–H groups in total. The Morgan fingerprint density at radius 3 is 2.67 bits per heavy atom. The van der Waals surface area contributed by atoms with Gasteiger partial charge in [0.25, 0.3) is 11.5 Å². The van der Waals surface area contributed by atoms with Crippen LogP contribution in [0.4, 0.5) is 0 Å². The van der Waals surface area contributed by atoms with E-state index in [2.05, 4.69) is 36.4 Å². The standard InChI is InChI=1S/C17H12BrN5O4/c18-11-3-5-12(6-4-11)23-16(26)13(15(25)21-17(23)27)9-20-22-14(24)10-2-1-7-19-8-10/h1-9,26H,(H,22,24)(H,21,25,27). The van der Waals surface area contributed by atoms with E-state index in [0.29, 0.717) is 5.69 Å². The van der Waals surface area contributed by atoms with Crippen molar-refractivity contribution in [2.24, 2.45) is 5.10 Å². The number of carbonyl (C=O) groups is 1. The first-order chi connectivity index (χ1) is 13.0. The molecule has 0 atom stereocenters. The molecule has 1 amide bonds. The largest absolute Gasteiger partial charge is 0.493 e. The molecule has 0 aliphatic heterocycles. The fourth-order valence-corrected chi connectivity index (χ4v) is 2.47. The molecule has 0 radical (unpaired) electrons. The highest BCUT2D eigenvalue weighted by Crippen LogP contribution is 2.17. The summed E-state index contributed by atoms with van der Waals surface area (Å²) < 4.78 is 1.70. The van der Waals surface area contributed by atoms with Crippen LogP contribution in [0.2, 0.25) is 0 Å². The van der Waals surface area contributed by atoms with Gasteiger partial charge in [-0.25, -0.2) is 14.8 Å². The number of amides is 1. The van der Waals surface area contributed by atoms with Crippen LogP contribution in [0.15, 0.2) is 68.0 Å². The lowest BCUT2D eigenvalue weighted by molar-refractivity contribution is 0.0954. The molecule has 27 heavy (non-hydrogen) atoms. The number of hydrogen-bond donors (Lipinski definition) is 3. The number of hydrogen-bond acceptors (Lipinski definition) is 6. The zero-order valence-electron chi connectivity index (χ0n) is 13.6. The second-order valence-corrected chi connectivity index (χ2v) is 6.16. The van der Waals surface area contributed by atoms with Gasteiger partial charge >= 0.3 is 5.69 Å². The number of aromatic nitrogens is 3. The van der Waals surface area contributed by atoms with E-state index in [4.69, 9.17) is 0 Å². The van der Waals surface area contributed by atoms with Gasteiger partial charge in [-0.2, -0.15) is 5.10 Å². The second-order valence-electron chi connectivity index (χ2n) is 5.25. The minimum Gasteiger partial charge on any atom is -0.493 e. The first kappa shape index (κ1) is 18.3. The number of carbonyl (C=O) groups excluding carboxylic acids is 1. The molecule has 1 aromatic carbocycles. The van der Waals surface area contributed by atoms with Crippen LogP contribution >= 0.6 is 15.9 Å². The molecule has 0 saturated carbocycles. The van der Waals surface area contributed by atoms with Crippen LogP contribution in [-0.2, 0) is 0 Å². The van der Waals surface area contributed by atoms with Crippen molar-refractivity contribution < 1.29 is 9.90 Å². The van der Waals surface area contributed by atoms with Gasteiger partial charge in [0, 0.05) is 16.9 Å². The number of nitrogens with zero attached hydrogens (tertiary/aromatic N) is 3. The summed E-state index contributed by atoms with van der Waals surface area (Å²) in [7, 11) is 0. The molecular formula is C17H12BrN5O4. The number of rotatable bonds is 4. The molecule has 136 valence electrons.